The van der Waals surface area contributed by atoms with E-state index in [1.54, 1.807) is 12.1 Å². The van der Waals surface area contributed by atoms with Crippen molar-refractivity contribution >= 4 is 6.08 Å². The number of benzene rings is 2. The molecular formula is C26H27FN2O2. The molecule has 3 atom stereocenters. The van der Waals surface area contributed by atoms with Crippen molar-refractivity contribution in [2.24, 2.45) is 5.41 Å². The van der Waals surface area contributed by atoms with Crippen molar-refractivity contribution in [3.63, 3.8) is 0 Å². The van der Waals surface area contributed by atoms with Crippen molar-refractivity contribution in [3.05, 3.63) is 89.0 Å². The lowest BCUT2D eigenvalue weighted by molar-refractivity contribution is -0.250. The highest BCUT2D eigenvalue weighted by atomic mass is 19.1. The molecule has 5 rings (SSSR count). The van der Waals surface area contributed by atoms with Crippen LogP contribution in [0, 0.1) is 11.2 Å². The van der Waals surface area contributed by atoms with Crippen molar-refractivity contribution < 1.29 is 14.2 Å². The zero-order chi connectivity index (χ0) is 21.6. The molecule has 0 spiro atoms. The van der Waals surface area contributed by atoms with Gasteiger partial charge < -0.3 is 9.84 Å². The lowest BCUT2D eigenvalue weighted by atomic mass is 9.72. The van der Waals surface area contributed by atoms with E-state index in [0.29, 0.717) is 19.4 Å². The number of nitrogens with zero attached hydrogens (tertiary/aromatic N) is 2. The van der Waals surface area contributed by atoms with E-state index >= 15 is 0 Å². The third-order valence-electron chi connectivity index (χ3n) is 7.06. The van der Waals surface area contributed by atoms with Crippen LogP contribution in [-0.2, 0) is 11.2 Å². The SMILES string of the molecule is C[C@H](CO[C@@]1(O)CCC2=Cc3c(cnn3-c3ccc(F)cc3)C[C@@]21C)c1ccccc1. The predicted octanol–water partition coefficient (Wildman–Crippen LogP) is 5.26. The summed E-state index contributed by atoms with van der Waals surface area (Å²) in [5, 5.41) is 16.1. The van der Waals surface area contributed by atoms with Gasteiger partial charge in [-0.05, 0) is 54.3 Å². The van der Waals surface area contributed by atoms with Gasteiger partial charge in [-0.2, -0.15) is 5.10 Å². The zero-order valence-corrected chi connectivity index (χ0v) is 17.9. The van der Waals surface area contributed by atoms with Gasteiger partial charge in [0.05, 0.1) is 24.2 Å². The Morgan fingerprint density at radius 1 is 1.16 bits per heavy atom. The van der Waals surface area contributed by atoms with Crippen LogP contribution in [0.1, 0.15) is 49.4 Å². The van der Waals surface area contributed by atoms with Crippen molar-refractivity contribution in [1.82, 2.24) is 9.78 Å². The average molecular weight is 419 g/mol. The molecule has 0 aliphatic heterocycles. The Hall–Kier alpha value is -2.76. The van der Waals surface area contributed by atoms with Crippen LogP contribution in [-0.4, -0.2) is 27.3 Å². The third-order valence-corrected chi connectivity index (χ3v) is 7.06. The maximum absolute atomic E-state index is 13.3. The van der Waals surface area contributed by atoms with Gasteiger partial charge in [0.1, 0.15) is 5.82 Å². The molecule has 5 heteroatoms. The standard InChI is InChI=1S/C26H27FN2O2/c1-18(19-6-4-3-5-7-19)17-31-26(30)13-12-21-14-24-20(15-25(21,26)2)16-28-29(24)23-10-8-22(27)9-11-23/h3-11,14,16,18,30H,12-13,15,17H2,1-2H3/t18-,25+,26+/m1/s1. The highest BCUT2D eigenvalue weighted by Gasteiger charge is 2.56. The van der Waals surface area contributed by atoms with Crippen LogP contribution in [0.15, 0.2) is 66.4 Å². The number of aromatic nitrogens is 2. The van der Waals surface area contributed by atoms with E-state index in [0.717, 1.165) is 23.4 Å². The van der Waals surface area contributed by atoms with Crippen molar-refractivity contribution in [3.8, 4) is 5.69 Å². The van der Waals surface area contributed by atoms with Crippen LogP contribution in [0.3, 0.4) is 0 Å². The number of hydrogen-bond donors (Lipinski definition) is 1. The van der Waals surface area contributed by atoms with E-state index in [2.05, 4.69) is 37.2 Å². The molecule has 2 aliphatic rings. The van der Waals surface area contributed by atoms with Gasteiger partial charge in [-0.3, -0.25) is 0 Å². The molecule has 0 saturated heterocycles. The quantitative estimate of drug-likeness (QED) is 0.575. The van der Waals surface area contributed by atoms with Crippen LogP contribution >= 0.6 is 0 Å². The first-order valence-electron chi connectivity index (χ1n) is 10.8. The Bertz CT molecular complexity index is 1120. The van der Waals surface area contributed by atoms with Gasteiger partial charge in [0, 0.05) is 17.8 Å². The Morgan fingerprint density at radius 3 is 2.65 bits per heavy atom. The van der Waals surface area contributed by atoms with Crippen LogP contribution in [0.25, 0.3) is 11.8 Å². The lowest BCUT2D eigenvalue weighted by Gasteiger charge is -2.42. The first kappa shape index (κ1) is 20.2. The molecule has 3 aromatic rings. The highest BCUT2D eigenvalue weighted by molar-refractivity contribution is 5.62. The van der Waals surface area contributed by atoms with Gasteiger partial charge in [0.2, 0.25) is 0 Å². The monoisotopic (exact) mass is 418 g/mol. The molecule has 2 aromatic carbocycles. The van der Waals surface area contributed by atoms with Crippen LogP contribution < -0.4 is 0 Å². The molecule has 160 valence electrons. The van der Waals surface area contributed by atoms with Crippen LogP contribution in [0.5, 0.6) is 0 Å². The largest absolute Gasteiger partial charge is 0.365 e. The average Bonchev–Trinajstić information content (AvgIpc) is 3.29. The highest BCUT2D eigenvalue weighted by Crippen LogP contribution is 2.56. The normalized spacial score (nSPS) is 25.6. The molecule has 1 saturated carbocycles. The molecule has 0 amide bonds. The van der Waals surface area contributed by atoms with E-state index in [9.17, 15) is 9.50 Å². The summed E-state index contributed by atoms with van der Waals surface area (Å²) in [5.74, 6) is -1.28. The Morgan fingerprint density at radius 2 is 1.90 bits per heavy atom. The van der Waals surface area contributed by atoms with Gasteiger partial charge in [-0.15, -0.1) is 0 Å². The first-order valence-corrected chi connectivity index (χ1v) is 10.8. The van der Waals surface area contributed by atoms with E-state index in [1.165, 1.54) is 23.3 Å². The second-order valence-corrected chi connectivity index (χ2v) is 9.03. The molecule has 0 unspecified atom stereocenters. The summed E-state index contributed by atoms with van der Waals surface area (Å²) >= 11 is 0. The first-order chi connectivity index (χ1) is 14.9. The van der Waals surface area contributed by atoms with Crippen molar-refractivity contribution in [2.45, 2.75) is 44.8 Å². The van der Waals surface area contributed by atoms with Gasteiger partial charge in [0.25, 0.3) is 0 Å². The Balaban J connectivity index is 1.40. The minimum atomic E-state index is -1.21. The molecule has 4 nitrogen and oxygen atoms in total. The fraction of sp³-hybridized carbons (Fsp3) is 0.346. The molecule has 2 aliphatic carbocycles. The Labute approximate surface area is 182 Å². The zero-order valence-electron chi connectivity index (χ0n) is 17.9. The van der Waals surface area contributed by atoms with Crippen molar-refractivity contribution in [2.75, 3.05) is 6.61 Å². The smallest absolute Gasteiger partial charge is 0.175 e. The fourth-order valence-corrected chi connectivity index (χ4v) is 4.98. The van der Waals surface area contributed by atoms with Crippen LogP contribution in [0.2, 0.25) is 0 Å². The maximum Gasteiger partial charge on any atom is 0.175 e. The summed E-state index contributed by atoms with van der Waals surface area (Å²) in [5.41, 5.74) is 4.78. The second kappa shape index (κ2) is 7.43. The topological polar surface area (TPSA) is 47.3 Å². The number of hydrogen-bond acceptors (Lipinski definition) is 3. The maximum atomic E-state index is 13.3. The molecule has 0 radical (unpaired) electrons. The van der Waals surface area contributed by atoms with Crippen molar-refractivity contribution in [1.29, 1.82) is 0 Å². The summed E-state index contributed by atoms with van der Waals surface area (Å²) in [6.07, 6.45) is 6.00. The summed E-state index contributed by atoms with van der Waals surface area (Å²) in [4.78, 5) is 0. The minimum absolute atomic E-state index is 0.197. The summed E-state index contributed by atoms with van der Waals surface area (Å²) in [6.45, 7) is 4.68. The van der Waals surface area contributed by atoms with E-state index in [1.807, 2.05) is 29.1 Å². The fourth-order valence-electron chi connectivity index (χ4n) is 4.98. The molecule has 0 bridgehead atoms. The van der Waals surface area contributed by atoms with Crippen LogP contribution in [0.4, 0.5) is 4.39 Å². The summed E-state index contributed by atoms with van der Waals surface area (Å²) in [6, 6.07) is 16.6. The number of rotatable bonds is 5. The van der Waals surface area contributed by atoms with E-state index in [-0.39, 0.29) is 11.7 Å². The molecule has 31 heavy (non-hydrogen) atoms. The van der Waals surface area contributed by atoms with Gasteiger partial charge in [-0.1, -0.05) is 49.8 Å². The molecule has 1 fully saturated rings. The molecule has 1 heterocycles. The number of fused-ring (bicyclic) bond motifs is 2. The Kier molecular flexibility index (Phi) is 4.83. The summed E-state index contributed by atoms with van der Waals surface area (Å²) < 4.78 is 21.4. The van der Waals surface area contributed by atoms with Gasteiger partial charge in [-0.25, -0.2) is 9.07 Å². The number of halogens is 1. The predicted molar refractivity (Wildman–Crippen MR) is 118 cm³/mol. The van der Waals surface area contributed by atoms with Gasteiger partial charge >= 0.3 is 0 Å². The third kappa shape index (κ3) is 3.33. The van der Waals surface area contributed by atoms with E-state index in [4.69, 9.17) is 4.74 Å². The molecular weight excluding hydrogens is 391 g/mol. The number of ether oxygens (including phenoxy) is 1. The van der Waals surface area contributed by atoms with Gasteiger partial charge in [0.15, 0.2) is 5.79 Å². The molecule has 1 N–H and O–H groups in total. The number of aliphatic hydroxyl groups is 1. The second-order valence-electron chi connectivity index (χ2n) is 9.03. The minimum Gasteiger partial charge on any atom is -0.365 e. The molecule has 1 aromatic heterocycles. The lowest BCUT2D eigenvalue weighted by Crippen LogP contribution is -2.47. The van der Waals surface area contributed by atoms with E-state index < -0.39 is 11.2 Å². The summed E-state index contributed by atoms with van der Waals surface area (Å²) in [7, 11) is 0.